The molecule has 2 N–H and O–H groups in total. The maximum atomic E-state index is 11.9. The average Bonchev–Trinajstić information content (AvgIpc) is 2.92. The molecule has 0 aliphatic carbocycles. The van der Waals surface area contributed by atoms with Gasteiger partial charge in [0.2, 0.25) is 5.91 Å². The summed E-state index contributed by atoms with van der Waals surface area (Å²) < 4.78 is 26.4. The Kier molecular flexibility index (Phi) is 5.05. The van der Waals surface area contributed by atoms with Gasteiger partial charge in [0.1, 0.15) is 4.21 Å². The van der Waals surface area contributed by atoms with Crippen LogP contribution in [0.25, 0.3) is 0 Å². The Morgan fingerprint density at radius 1 is 1.33 bits per heavy atom. The van der Waals surface area contributed by atoms with E-state index in [0.717, 1.165) is 10.4 Å². The van der Waals surface area contributed by atoms with Crippen molar-refractivity contribution in [1.29, 1.82) is 0 Å². The summed E-state index contributed by atoms with van der Waals surface area (Å²) in [6.45, 7) is 1.84. The molecule has 112 valence electrons. The van der Waals surface area contributed by atoms with E-state index in [1.807, 2.05) is 13.0 Å². The zero-order chi connectivity index (χ0) is 15.3. The van der Waals surface area contributed by atoms with E-state index >= 15 is 0 Å². The molecule has 8 heteroatoms. The number of carbonyl (C=O) groups is 1. The first-order valence-corrected chi connectivity index (χ1v) is 8.49. The summed E-state index contributed by atoms with van der Waals surface area (Å²) in [6.07, 6.45) is 3.28. The van der Waals surface area contributed by atoms with E-state index < -0.39 is 15.9 Å². The molecule has 2 heterocycles. The highest BCUT2D eigenvalue weighted by Gasteiger charge is 2.17. The Balaban J connectivity index is 1.84. The zero-order valence-corrected chi connectivity index (χ0v) is 13.0. The van der Waals surface area contributed by atoms with Gasteiger partial charge in [0.05, 0.1) is 6.54 Å². The third-order valence-electron chi connectivity index (χ3n) is 2.62. The predicted molar refractivity (Wildman–Crippen MR) is 80.3 cm³/mol. The lowest BCUT2D eigenvalue weighted by Gasteiger charge is -2.06. The van der Waals surface area contributed by atoms with Gasteiger partial charge in [0, 0.05) is 23.8 Å². The summed E-state index contributed by atoms with van der Waals surface area (Å²) in [6, 6.07) is 6.84. The van der Waals surface area contributed by atoms with Crippen molar-refractivity contribution in [3.05, 3.63) is 47.1 Å². The molecule has 0 radical (unpaired) electrons. The van der Waals surface area contributed by atoms with Gasteiger partial charge in [-0.1, -0.05) is 6.07 Å². The molecule has 2 aromatic rings. The standard InChI is InChI=1S/C13H15N3O3S2/c1-10-4-5-13(20-10)21(18,19)16-9-12(17)15-8-11-3-2-6-14-7-11/h2-7,16H,8-9H2,1H3,(H,15,17). The Bertz CT molecular complexity index is 711. The van der Waals surface area contributed by atoms with Crippen molar-refractivity contribution in [2.24, 2.45) is 0 Å². The molecule has 0 fully saturated rings. The minimum Gasteiger partial charge on any atom is -0.351 e. The van der Waals surface area contributed by atoms with Crippen LogP contribution in [0.1, 0.15) is 10.4 Å². The van der Waals surface area contributed by atoms with Crippen LogP contribution >= 0.6 is 11.3 Å². The summed E-state index contributed by atoms with van der Waals surface area (Å²) >= 11 is 1.17. The highest BCUT2D eigenvalue weighted by atomic mass is 32.2. The number of aromatic nitrogens is 1. The van der Waals surface area contributed by atoms with E-state index in [0.29, 0.717) is 6.54 Å². The predicted octanol–water partition coefficient (Wildman–Crippen LogP) is 1.05. The number of hydrogen-bond donors (Lipinski definition) is 2. The van der Waals surface area contributed by atoms with E-state index in [9.17, 15) is 13.2 Å². The second kappa shape index (κ2) is 6.79. The third kappa shape index (κ3) is 4.62. The van der Waals surface area contributed by atoms with Gasteiger partial charge < -0.3 is 5.32 Å². The minimum atomic E-state index is -3.62. The van der Waals surface area contributed by atoms with Crippen molar-refractivity contribution >= 4 is 27.3 Å². The van der Waals surface area contributed by atoms with Crippen LogP contribution in [-0.2, 0) is 21.4 Å². The number of carbonyl (C=O) groups excluding carboxylic acids is 1. The van der Waals surface area contributed by atoms with Crippen molar-refractivity contribution in [3.8, 4) is 0 Å². The van der Waals surface area contributed by atoms with E-state index in [-0.39, 0.29) is 10.8 Å². The Labute approximate surface area is 127 Å². The number of aryl methyl sites for hydroxylation is 1. The van der Waals surface area contributed by atoms with Gasteiger partial charge in [-0.2, -0.15) is 0 Å². The van der Waals surface area contributed by atoms with E-state index in [4.69, 9.17) is 0 Å². The fourth-order valence-electron chi connectivity index (χ4n) is 1.55. The van der Waals surface area contributed by atoms with Gasteiger partial charge in [-0.3, -0.25) is 9.78 Å². The highest BCUT2D eigenvalue weighted by molar-refractivity contribution is 7.91. The van der Waals surface area contributed by atoms with Crippen molar-refractivity contribution in [1.82, 2.24) is 15.0 Å². The van der Waals surface area contributed by atoms with Crippen LogP contribution < -0.4 is 10.0 Å². The number of nitrogens with zero attached hydrogens (tertiary/aromatic N) is 1. The number of pyridine rings is 1. The SMILES string of the molecule is Cc1ccc(S(=O)(=O)NCC(=O)NCc2cccnc2)s1. The third-order valence-corrected chi connectivity index (χ3v) is 5.51. The zero-order valence-electron chi connectivity index (χ0n) is 11.4. The molecule has 0 saturated carbocycles. The summed E-state index contributed by atoms with van der Waals surface area (Å²) in [7, 11) is -3.62. The molecule has 1 amide bonds. The molecule has 0 bridgehead atoms. The molecule has 21 heavy (non-hydrogen) atoms. The van der Waals surface area contributed by atoms with E-state index in [1.54, 1.807) is 24.5 Å². The van der Waals surface area contributed by atoms with Gasteiger partial charge in [0.25, 0.3) is 10.0 Å². The normalized spacial score (nSPS) is 11.3. The minimum absolute atomic E-state index is 0.208. The molecule has 2 aromatic heterocycles. The number of thiophene rings is 1. The van der Waals surface area contributed by atoms with Crippen molar-refractivity contribution in [3.63, 3.8) is 0 Å². The fraction of sp³-hybridized carbons (Fsp3) is 0.231. The molecule has 0 aromatic carbocycles. The van der Waals surface area contributed by atoms with Gasteiger partial charge in [-0.05, 0) is 30.7 Å². The van der Waals surface area contributed by atoms with E-state index in [2.05, 4.69) is 15.0 Å². The molecule has 0 spiro atoms. The Morgan fingerprint density at radius 2 is 2.14 bits per heavy atom. The van der Waals surface area contributed by atoms with Gasteiger partial charge >= 0.3 is 0 Å². The average molecular weight is 325 g/mol. The van der Waals surface area contributed by atoms with Crippen LogP contribution in [-0.4, -0.2) is 25.9 Å². The summed E-state index contributed by atoms with van der Waals surface area (Å²) in [5, 5.41) is 2.63. The van der Waals surface area contributed by atoms with Crippen molar-refractivity contribution in [2.75, 3.05) is 6.54 Å². The van der Waals surface area contributed by atoms with Crippen LogP contribution in [0, 0.1) is 6.92 Å². The maximum Gasteiger partial charge on any atom is 0.250 e. The lowest BCUT2D eigenvalue weighted by molar-refractivity contribution is -0.120. The number of sulfonamides is 1. The lowest BCUT2D eigenvalue weighted by atomic mass is 10.3. The molecule has 2 rings (SSSR count). The smallest absolute Gasteiger partial charge is 0.250 e. The molecular weight excluding hydrogens is 310 g/mol. The number of amides is 1. The molecular formula is C13H15N3O3S2. The second-order valence-corrected chi connectivity index (χ2v) is 7.61. The van der Waals surface area contributed by atoms with E-state index in [1.165, 1.54) is 17.4 Å². The van der Waals surface area contributed by atoms with Crippen molar-refractivity contribution < 1.29 is 13.2 Å². The van der Waals surface area contributed by atoms with Gasteiger partial charge in [0.15, 0.2) is 0 Å². The first kappa shape index (κ1) is 15.6. The highest BCUT2D eigenvalue weighted by Crippen LogP contribution is 2.19. The molecule has 6 nitrogen and oxygen atoms in total. The number of rotatable bonds is 6. The molecule has 0 aliphatic heterocycles. The second-order valence-electron chi connectivity index (χ2n) is 4.33. The Hall–Kier alpha value is -1.77. The molecule has 0 aliphatic rings. The molecule has 0 atom stereocenters. The monoisotopic (exact) mass is 325 g/mol. The maximum absolute atomic E-state index is 11.9. The van der Waals surface area contributed by atoms with Crippen LogP contribution in [0.2, 0.25) is 0 Å². The number of hydrogen-bond acceptors (Lipinski definition) is 5. The topological polar surface area (TPSA) is 88.2 Å². The van der Waals surface area contributed by atoms with Crippen LogP contribution in [0.15, 0.2) is 40.9 Å². The summed E-state index contributed by atoms with van der Waals surface area (Å²) in [5.74, 6) is -0.393. The quantitative estimate of drug-likeness (QED) is 0.831. The van der Waals surface area contributed by atoms with Crippen LogP contribution in [0.4, 0.5) is 0 Å². The first-order chi connectivity index (χ1) is 9.97. The first-order valence-electron chi connectivity index (χ1n) is 6.19. The largest absolute Gasteiger partial charge is 0.351 e. The van der Waals surface area contributed by atoms with Gasteiger partial charge in [-0.15, -0.1) is 11.3 Å². The fourth-order valence-corrected chi connectivity index (χ4v) is 3.86. The summed E-state index contributed by atoms with van der Waals surface area (Å²) in [4.78, 5) is 16.5. The molecule has 0 unspecified atom stereocenters. The van der Waals surface area contributed by atoms with Crippen LogP contribution in [0.3, 0.4) is 0 Å². The van der Waals surface area contributed by atoms with Crippen LogP contribution in [0.5, 0.6) is 0 Å². The van der Waals surface area contributed by atoms with Gasteiger partial charge in [-0.25, -0.2) is 13.1 Å². The lowest BCUT2D eigenvalue weighted by Crippen LogP contribution is -2.36. The molecule has 0 saturated heterocycles. The Morgan fingerprint density at radius 3 is 2.76 bits per heavy atom. The summed E-state index contributed by atoms with van der Waals surface area (Å²) in [5.41, 5.74) is 0.850. The number of nitrogens with one attached hydrogen (secondary N) is 2. The van der Waals surface area contributed by atoms with Crippen molar-refractivity contribution in [2.45, 2.75) is 17.7 Å².